The smallest absolute Gasteiger partial charge is 0.0366 e. The van der Waals surface area contributed by atoms with Crippen LogP contribution in [0.4, 0.5) is 5.69 Å². The number of fused-ring (bicyclic) bond motifs is 1. The quantitative estimate of drug-likeness (QED) is 0.846. The molecule has 1 unspecified atom stereocenters. The van der Waals surface area contributed by atoms with Gasteiger partial charge in [0.2, 0.25) is 0 Å². The van der Waals surface area contributed by atoms with Crippen molar-refractivity contribution in [1.29, 1.82) is 0 Å². The Hall–Kier alpha value is -1.54. The molecule has 20 heavy (non-hydrogen) atoms. The second-order valence-corrected chi connectivity index (χ2v) is 5.93. The highest BCUT2D eigenvalue weighted by Crippen LogP contribution is 2.26. The summed E-state index contributed by atoms with van der Waals surface area (Å²) >= 11 is 0. The van der Waals surface area contributed by atoms with Gasteiger partial charge in [0.1, 0.15) is 0 Å². The molecule has 106 valence electrons. The summed E-state index contributed by atoms with van der Waals surface area (Å²) in [4.78, 5) is 2.62. The lowest BCUT2D eigenvalue weighted by atomic mass is 9.98. The summed E-state index contributed by atoms with van der Waals surface area (Å²) in [6, 6.07) is 13.6. The Morgan fingerprint density at radius 1 is 1.15 bits per heavy atom. The van der Waals surface area contributed by atoms with Gasteiger partial charge in [-0.1, -0.05) is 37.6 Å². The molecule has 0 aromatic heterocycles. The number of piperidine rings is 1. The van der Waals surface area contributed by atoms with E-state index in [0.29, 0.717) is 0 Å². The van der Waals surface area contributed by atoms with Crippen LogP contribution in [0.3, 0.4) is 0 Å². The van der Waals surface area contributed by atoms with E-state index in [9.17, 15) is 0 Å². The van der Waals surface area contributed by atoms with Crippen LogP contribution in [0.2, 0.25) is 0 Å². The van der Waals surface area contributed by atoms with Gasteiger partial charge in [0.25, 0.3) is 0 Å². The minimum Gasteiger partial charge on any atom is -0.398 e. The van der Waals surface area contributed by atoms with Gasteiger partial charge in [0.05, 0.1) is 0 Å². The van der Waals surface area contributed by atoms with Crippen molar-refractivity contribution in [1.82, 2.24) is 4.90 Å². The fourth-order valence-electron chi connectivity index (χ4n) is 3.39. The van der Waals surface area contributed by atoms with E-state index in [0.717, 1.165) is 18.3 Å². The van der Waals surface area contributed by atoms with Crippen LogP contribution < -0.4 is 5.73 Å². The summed E-state index contributed by atoms with van der Waals surface area (Å²) in [5, 5.41) is 2.53. The standard InChI is InChI=1S/C18H24N2/c1-2-17-9-5-6-10-20(17)13-16-11-14-7-3-4-8-15(14)12-18(16)19/h3-4,7-8,11-12,17H,2,5-6,9-10,13,19H2,1H3. The van der Waals surface area contributed by atoms with E-state index in [1.807, 2.05) is 0 Å². The maximum absolute atomic E-state index is 6.26. The van der Waals surface area contributed by atoms with Crippen molar-refractivity contribution in [3.63, 3.8) is 0 Å². The average Bonchev–Trinajstić information content (AvgIpc) is 2.48. The van der Waals surface area contributed by atoms with Crippen molar-refractivity contribution in [3.05, 3.63) is 42.0 Å². The third kappa shape index (κ3) is 2.66. The first-order valence-electron chi connectivity index (χ1n) is 7.79. The highest BCUT2D eigenvalue weighted by atomic mass is 15.2. The van der Waals surface area contributed by atoms with Crippen molar-refractivity contribution in [2.45, 2.75) is 45.2 Å². The molecule has 1 saturated heterocycles. The van der Waals surface area contributed by atoms with Crippen LogP contribution in [0, 0.1) is 0 Å². The zero-order valence-electron chi connectivity index (χ0n) is 12.3. The Morgan fingerprint density at radius 2 is 1.90 bits per heavy atom. The highest BCUT2D eigenvalue weighted by molar-refractivity contribution is 5.86. The SMILES string of the molecule is CCC1CCCCN1Cc1cc2ccccc2cc1N. The van der Waals surface area contributed by atoms with E-state index < -0.39 is 0 Å². The molecular formula is C18H24N2. The molecule has 2 heteroatoms. The van der Waals surface area contributed by atoms with Crippen LogP contribution in [-0.2, 0) is 6.54 Å². The van der Waals surface area contributed by atoms with Gasteiger partial charge in [-0.25, -0.2) is 0 Å². The third-order valence-electron chi connectivity index (χ3n) is 4.60. The predicted molar refractivity (Wildman–Crippen MR) is 86.7 cm³/mol. The van der Waals surface area contributed by atoms with Gasteiger partial charge in [-0.2, -0.15) is 0 Å². The summed E-state index contributed by atoms with van der Waals surface area (Å²) in [5.41, 5.74) is 8.48. The Bertz CT molecular complexity index is 591. The first kappa shape index (κ1) is 13.4. The van der Waals surface area contributed by atoms with Crippen molar-refractivity contribution >= 4 is 16.5 Å². The van der Waals surface area contributed by atoms with Crippen molar-refractivity contribution in [2.24, 2.45) is 0 Å². The van der Waals surface area contributed by atoms with Crippen molar-refractivity contribution < 1.29 is 0 Å². The summed E-state index contributed by atoms with van der Waals surface area (Å²) in [6.07, 6.45) is 5.28. The van der Waals surface area contributed by atoms with E-state index in [1.54, 1.807) is 0 Å². The second-order valence-electron chi connectivity index (χ2n) is 5.93. The molecule has 0 saturated carbocycles. The molecule has 2 aromatic carbocycles. The molecule has 1 aliphatic rings. The first-order chi connectivity index (χ1) is 9.78. The van der Waals surface area contributed by atoms with E-state index in [2.05, 4.69) is 48.2 Å². The molecule has 0 amide bonds. The minimum atomic E-state index is 0.731. The van der Waals surface area contributed by atoms with Crippen LogP contribution in [0.1, 0.15) is 38.2 Å². The lowest BCUT2D eigenvalue weighted by Gasteiger charge is -2.35. The molecule has 0 spiro atoms. The number of hydrogen-bond acceptors (Lipinski definition) is 2. The lowest BCUT2D eigenvalue weighted by Crippen LogP contribution is -2.38. The molecule has 1 fully saturated rings. The topological polar surface area (TPSA) is 29.3 Å². The molecule has 0 bridgehead atoms. The van der Waals surface area contributed by atoms with E-state index in [-0.39, 0.29) is 0 Å². The maximum atomic E-state index is 6.26. The molecule has 3 rings (SSSR count). The Morgan fingerprint density at radius 3 is 2.65 bits per heavy atom. The number of rotatable bonds is 3. The zero-order chi connectivity index (χ0) is 13.9. The fourth-order valence-corrected chi connectivity index (χ4v) is 3.39. The van der Waals surface area contributed by atoms with Crippen LogP contribution in [0.25, 0.3) is 10.8 Å². The number of likely N-dealkylation sites (tertiary alicyclic amines) is 1. The monoisotopic (exact) mass is 268 g/mol. The number of benzene rings is 2. The van der Waals surface area contributed by atoms with Gasteiger partial charge in [-0.3, -0.25) is 4.90 Å². The summed E-state index contributed by atoms with van der Waals surface area (Å²) in [7, 11) is 0. The second kappa shape index (κ2) is 5.84. The summed E-state index contributed by atoms with van der Waals surface area (Å²) < 4.78 is 0. The largest absolute Gasteiger partial charge is 0.398 e. The Balaban J connectivity index is 1.87. The van der Waals surface area contributed by atoms with Crippen molar-refractivity contribution in [2.75, 3.05) is 12.3 Å². The van der Waals surface area contributed by atoms with Crippen LogP contribution in [-0.4, -0.2) is 17.5 Å². The molecule has 1 heterocycles. The minimum absolute atomic E-state index is 0.731. The Labute approximate surface area is 121 Å². The Kier molecular flexibility index (Phi) is 3.93. The fraction of sp³-hybridized carbons (Fsp3) is 0.444. The van der Waals surface area contributed by atoms with Gasteiger partial charge in [-0.15, -0.1) is 0 Å². The number of nitrogens with two attached hydrogens (primary N) is 1. The van der Waals surface area contributed by atoms with Crippen LogP contribution >= 0.6 is 0 Å². The van der Waals surface area contributed by atoms with E-state index >= 15 is 0 Å². The van der Waals surface area contributed by atoms with Crippen LogP contribution in [0.5, 0.6) is 0 Å². The number of hydrogen-bond donors (Lipinski definition) is 1. The van der Waals surface area contributed by atoms with Gasteiger partial charge in [-0.05, 0) is 54.3 Å². The van der Waals surface area contributed by atoms with E-state index in [4.69, 9.17) is 5.73 Å². The maximum Gasteiger partial charge on any atom is 0.0366 e. The van der Waals surface area contributed by atoms with Gasteiger partial charge in [0.15, 0.2) is 0 Å². The van der Waals surface area contributed by atoms with E-state index in [1.165, 1.54) is 48.6 Å². The molecule has 0 aliphatic carbocycles. The van der Waals surface area contributed by atoms with Gasteiger partial charge in [0, 0.05) is 18.3 Å². The van der Waals surface area contributed by atoms with Crippen LogP contribution in [0.15, 0.2) is 36.4 Å². The average molecular weight is 268 g/mol. The van der Waals surface area contributed by atoms with Gasteiger partial charge >= 0.3 is 0 Å². The molecule has 1 atom stereocenters. The molecule has 2 nitrogen and oxygen atoms in total. The molecule has 1 aliphatic heterocycles. The third-order valence-corrected chi connectivity index (χ3v) is 4.60. The normalized spacial score (nSPS) is 20.4. The number of anilines is 1. The molecule has 2 N–H and O–H groups in total. The first-order valence-corrected chi connectivity index (χ1v) is 7.79. The van der Waals surface area contributed by atoms with Crippen molar-refractivity contribution in [3.8, 4) is 0 Å². The summed E-state index contributed by atoms with van der Waals surface area (Å²) in [6.45, 7) is 4.51. The number of nitrogens with zero attached hydrogens (tertiary/aromatic N) is 1. The number of nitrogen functional groups attached to an aromatic ring is 1. The highest BCUT2D eigenvalue weighted by Gasteiger charge is 2.21. The summed E-state index contributed by atoms with van der Waals surface area (Å²) in [5.74, 6) is 0. The molecular weight excluding hydrogens is 244 g/mol. The molecule has 0 radical (unpaired) electrons. The lowest BCUT2D eigenvalue weighted by molar-refractivity contribution is 0.136. The molecule has 2 aromatic rings. The zero-order valence-corrected chi connectivity index (χ0v) is 12.3. The van der Waals surface area contributed by atoms with Gasteiger partial charge < -0.3 is 5.73 Å². The predicted octanol–water partition coefficient (Wildman–Crippen LogP) is 4.19.